The van der Waals surface area contributed by atoms with Gasteiger partial charge in [0, 0.05) is 12.8 Å². The fraction of sp³-hybridized carbons (Fsp3) is 0.917. The number of unbranched alkanes of at least 4 members (excludes halogenated alkanes) is 22. The first-order chi connectivity index (χ1) is 23.1. The number of hydrogen-bond acceptors (Lipinski definition) is 8. The molecular weight excluding hydrogens is 637 g/mol. The van der Waals surface area contributed by atoms with Gasteiger partial charge in [0.15, 0.2) is 6.04 Å². The van der Waals surface area contributed by atoms with Crippen molar-refractivity contribution in [2.45, 2.75) is 193 Å². The van der Waals surface area contributed by atoms with Crippen LogP contribution in [0.5, 0.6) is 0 Å². The molecule has 3 unspecified atom stereocenters. The van der Waals surface area contributed by atoms with E-state index >= 15 is 0 Å². The van der Waals surface area contributed by atoms with Crippen molar-refractivity contribution in [3.05, 3.63) is 0 Å². The number of phosphoric acid groups is 1. The summed E-state index contributed by atoms with van der Waals surface area (Å²) < 4.78 is 26.7. The summed E-state index contributed by atoms with van der Waals surface area (Å²) in [5.41, 5.74) is 0. The summed E-state index contributed by atoms with van der Waals surface area (Å²) in [5, 5.41) is 21.7. The standard InChI is InChI=1S/C36H70NO10P/c1-3-5-7-9-11-13-15-16-17-18-19-21-23-25-27-34(39)37-33(36(41)42)31-47-48(43,44)46-30-32(38)29-45-35(40)28-26-24-22-20-14-12-10-8-6-4-2/h32-33,38H,3-31H2,1-2H3,(H,37,39)(H,41,42)(H,43,44). The Balaban J connectivity index is 3.95. The van der Waals surface area contributed by atoms with E-state index in [9.17, 15) is 34.1 Å². The monoisotopic (exact) mass is 707 g/mol. The summed E-state index contributed by atoms with van der Waals surface area (Å²) in [4.78, 5) is 45.6. The maximum Gasteiger partial charge on any atom is 0.472 e. The van der Waals surface area contributed by atoms with Crippen LogP contribution in [0.4, 0.5) is 0 Å². The van der Waals surface area contributed by atoms with Crippen molar-refractivity contribution in [3.63, 3.8) is 0 Å². The van der Waals surface area contributed by atoms with Crippen LogP contribution in [-0.4, -0.2) is 64.9 Å². The van der Waals surface area contributed by atoms with Gasteiger partial charge in [-0.15, -0.1) is 0 Å². The number of carbonyl (C=O) groups is 3. The fourth-order valence-corrected chi connectivity index (χ4v) is 6.15. The number of aliphatic hydroxyl groups is 1. The number of aliphatic carboxylic acids is 1. The number of carbonyl (C=O) groups excluding carboxylic acids is 2. The Morgan fingerprint density at radius 1 is 0.583 bits per heavy atom. The molecule has 4 N–H and O–H groups in total. The van der Waals surface area contributed by atoms with E-state index in [0.29, 0.717) is 12.8 Å². The molecule has 0 spiro atoms. The zero-order chi connectivity index (χ0) is 35.7. The highest BCUT2D eigenvalue weighted by molar-refractivity contribution is 7.47. The molecule has 0 heterocycles. The normalized spacial score (nSPS) is 13.9. The first kappa shape index (κ1) is 46.5. The molecule has 48 heavy (non-hydrogen) atoms. The minimum Gasteiger partial charge on any atom is -0.480 e. The summed E-state index contributed by atoms with van der Waals surface area (Å²) in [7, 11) is -4.74. The molecule has 0 fully saturated rings. The Labute approximate surface area is 291 Å². The lowest BCUT2D eigenvalue weighted by Gasteiger charge is -2.18. The van der Waals surface area contributed by atoms with Gasteiger partial charge in [-0.1, -0.05) is 155 Å². The number of rotatable bonds is 36. The van der Waals surface area contributed by atoms with Gasteiger partial charge in [0.05, 0.1) is 13.2 Å². The third-order valence-corrected chi connectivity index (χ3v) is 9.35. The quantitative estimate of drug-likeness (QED) is 0.0281. The first-order valence-corrected chi connectivity index (χ1v) is 20.6. The van der Waals surface area contributed by atoms with Crippen molar-refractivity contribution < 1.29 is 47.8 Å². The van der Waals surface area contributed by atoms with Gasteiger partial charge in [0.25, 0.3) is 0 Å². The zero-order valence-electron chi connectivity index (χ0n) is 30.3. The van der Waals surface area contributed by atoms with Gasteiger partial charge in [-0.05, 0) is 12.8 Å². The van der Waals surface area contributed by atoms with Gasteiger partial charge < -0.3 is 25.2 Å². The minimum atomic E-state index is -4.74. The lowest BCUT2D eigenvalue weighted by Crippen LogP contribution is -2.43. The molecule has 11 nitrogen and oxygen atoms in total. The van der Waals surface area contributed by atoms with Gasteiger partial charge in [-0.3, -0.25) is 18.6 Å². The van der Waals surface area contributed by atoms with Crippen molar-refractivity contribution in [1.82, 2.24) is 5.32 Å². The molecule has 1 amide bonds. The molecule has 284 valence electrons. The fourth-order valence-electron chi connectivity index (χ4n) is 5.37. The second-order valence-corrected chi connectivity index (χ2v) is 14.6. The van der Waals surface area contributed by atoms with E-state index in [1.54, 1.807) is 0 Å². The summed E-state index contributed by atoms with van der Waals surface area (Å²) in [6.07, 6.45) is 27.1. The van der Waals surface area contributed by atoms with Gasteiger partial charge in [0.2, 0.25) is 5.91 Å². The molecule has 3 atom stereocenters. The van der Waals surface area contributed by atoms with E-state index in [2.05, 4.69) is 19.2 Å². The Bertz CT molecular complexity index is 844. The van der Waals surface area contributed by atoms with Gasteiger partial charge in [-0.25, -0.2) is 9.36 Å². The topological polar surface area (TPSA) is 169 Å². The smallest absolute Gasteiger partial charge is 0.472 e. The van der Waals surface area contributed by atoms with E-state index < -0.39 is 57.6 Å². The van der Waals surface area contributed by atoms with E-state index in [1.807, 2.05) is 0 Å². The lowest BCUT2D eigenvalue weighted by atomic mass is 10.0. The van der Waals surface area contributed by atoms with E-state index in [1.165, 1.54) is 103 Å². The van der Waals surface area contributed by atoms with E-state index in [-0.39, 0.29) is 12.8 Å². The van der Waals surface area contributed by atoms with E-state index in [4.69, 9.17) is 13.8 Å². The summed E-state index contributed by atoms with van der Waals surface area (Å²) in [6, 6.07) is -1.54. The predicted molar refractivity (Wildman–Crippen MR) is 190 cm³/mol. The Hall–Kier alpha value is -1.52. The van der Waals surface area contributed by atoms with Crippen LogP contribution in [0.2, 0.25) is 0 Å². The second kappa shape index (κ2) is 32.7. The molecule has 0 aromatic rings. The largest absolute Gasteiger partial charge is 0.480 e. The molecule has 0 aliphatic rings. The van der Waals surface area contributed by atoms with Crippen molar-refractivity contribution in [1.29, 1.82) is 0 Å². The number of aliphatic hydroxyl groups excluding tert-OH is 1. The number of amides is 1. The number of ether oxygens (including phenoxy) is 1. The molecule has 0 aliphatic heterocycles. The van der Waals surface area contributed by atoms with Crippen LogP contribution in [0.1, 0.15) is 181 Å². The SMILES string of the molecule is CCCCCCCCCCCCCCCCC(=O)NC(COP(=O)(O)OCC(O)COC(=O)CCCCCCCCCCCC)C(=O)O. The Morgan fingerprint density at radius 3 is 1.38 bits per heavy atom. The van der Waals surface area contributed by atoms with Crippen LogP contribution in [0.25, 0.3) is 0 Å². The van der Waals surface area contributed by atoms with Gasteiger partial charge in [0.1, 0.15) is 12.7 Å². The predicted octanol–water partition coefficient (Wildman–Crippen LogP) is 8.78. The van der Waals surface area contributed by atoms with Crippen molar-refractivity contribution in [3.8, 4) is 0 Å². The maximum absolute atomic E-state index is 12.2. The van der Waals surface area contributed by atoms with E-state index in [0.717, 1.165) is 38.5 Å². The number of hydrogen-bond donors (Lipinski definition) is 4. The van der Waals surface area contributed by atoms with Crippen LogP contribution in [0.3, 0.4) is 0 Å². The molecule has 0 rings (SSSR count). The highest BCUT2D eigenvalue weighted by Gasteiger charge is 2.28. The summed E-state index contributed by atoms with van der Waals surface area (Å²) in [6.45, 7) is 2.57. The molecule has 0 aromatic carbocycles. The van der Waals surface area contributed by atoms with Crippen LogP contribution in [-0.2, 0) is 32.7 Å². The average molecular weight is 708 g/mol. The molecule has 0 bridgehead atoms. The third-order valence-electron chi connectivity index (χ3n) is 8.40. The molecular formula is C36H70NO10P. The van der Waals surface area contributed by atoms with Crippen LogP contribution < -0.4 is 5.32 Å². The molecule has 0 saturated heterocycles. The van der Waals surface area contributed by atoms with Crippen molar-refractivity contribution in [2.75, 3.05) is 19.8 Å². The van der Waals surface area contributed by atoms with Crippen molar-refractivity contribution >= 4 is 25.7 Å². The molecule has 0 aliphatic carbocycles. The Morgan fingerprint density at radius 2 is 0.958 bits per heavy atom. The zero-order valence-corrected chi connectivity index (χ0v) is 31.2. The number of esters is 1. The number of carboxylic acid groups (broad SMARTS) is 1. The molecule has 0 aromatic heterocycles. The third kappa shape index (κ3) is 31.7. The van der Waals surface area contributed by atoms with Crippen LogP contribution in [0.15, 0.2) is 0 Å². The second-order valence-electron chi connectivity index (χ2n) is 13.1. The van der Waals surface area contributed by atoms with Gasteiger partial charge >= 0.3 is 19.8 Å². The number of carboxylic acids is 1. The van der Waals surface area contributed by atoms with Gasteiger partial charge in [-0.2, -0.15) is 0 Å². The summed E-state index contributed by atoms with van der Waals surface area (Å²) in [5.74, 6) is -2.36. The molecule has 12 heteroatoms. The highest BCUT2D eigenvalue weighted by Crippen LogP contribution is 2.43. The summed E-state index contributed by atoms with van der Waals surface area (Å²) >= 11 is 0. The maximum atomic E-state index is 12.2. The minimum absolute atomic E-state index is 0.152. The molecule has 0 saturated carbocycles. The van der Waals surface area contributed by atoms with Crippen molar-refractivity contribution in [2.24, 2.45) is 0 Å². The molecule has 0 radical (unpaired) electrons. The first-order valence-electron chi connectivity index (χ1n) is 19.1. The average Bonchev–Trinajstić information content (AvgIpc) is 3.05. The number of phosphoric ester groups is 1. The van der Waals surface area contributed by atoms with Crippen LogP contribution >= 0.6 is 7.82 Å². The lowest BCUT2D eigenvalue weighted by molar-refractivity contribution is -0.147. The van der Waals surface area contributed by atoms with Crippen LogP contribution in [0, 0.1) is 0 Å². The number of nitrogens with one attached hydrogen (secondary N) is 1. The highest BCUT2D eigenvalue weighted by atomic mass is 31.2. The Kier molecular flexibility index (Phi) is 31.6.